The number of methoxy groups -OCH3 is 1. The molecule has 0 aromatic carbocycles. The van der Waals surface area contributed by atoms with Gasteiger partial charge in [-0.05, 0) is 25.3 Å². The maximum Gasteiger partial charge on any atom is 0.0590 e. The number of rotatable bonds is 10. The van der Waals surface area contributed by atoms with Crippen LogP contribution in [0.1, 0.15) is 38.5 Å². The first kappa shape index (κ1) is 13.9. The topological polar surface area (TPSA) is 30.5 Å². The van der Waals surface area contributed by atoms with Crippen molar-refractivity contribution < 1.29 is 9.47 Å². The fraction of sp³-hybridized carbons (Fsp3) is 1.00. The number of hydrogen-bond donors (Lipinski definition) is 1. The van der Waals surface area contributed by atoms with Gasteiger partial charge in [-0.2, -0.15) is 0 Å². The Hall–Kier alpha value is -0.120. The summed E-state index contributed by atoms with van der Waals surface area (Å²) in [5, 5.41) is 3.45. The number of nitrogens with one attached hydrogen (secondary N) is 1. The molecule has 0 saturated heterocycles. The molecule has 0 spiro atoms. The molecular formula is C13H27NO2. The number of hydrogen-bond acceptors (Lipinski definition) is 3. The van der Waals surface area contributed by atoms with Crippen LogP contribution in [0.3, 0.4) is 0 Å². The lowest BCUT2D eigenvalue weighted by molar-refractivity contribution is 0.104. The fourth-order valence-corrected chi connectivity index (χ4v) is 2.28. The Labute approximate surface area is 99.9 Å². The Bertz CT molecular complexity index is 147. The van der Waals surface area contributed by atoms with Crippen LogP contribution < -0.4 is 5.32 Å². The highest BCUT2D eigenvalue weighted by Crippen LogP contribution is 2.26. The van der Waals surface area contributed by atoms with Crippen molar-refractivity contribution in [3.63, 3.8) is 0 Å². The summed E-state index contributed by atoms with van der Waals surface area (Å²) in [4.78, 5) is 0. The normalized spacial score (nSPS) is 17.1. The summed E-state index contributed by atoms with van der Waals surface area (Å²) < 4.78 is 10.4. The number of ether oxygens (including phenoxy) is 2. The van der Waals surface area contributed by atoms with Gasteiger partial charge in [0.2, 0.25) is 0 Å². The van der Waals surface area contributed by atoms with Gasteiger partial charge in [0.25, 0.3) is 0 Å². The van der Waals surface area contributed by atoms with Gasteiger partial charge in [-0.25, -0.2) is 0 Å². The average molecular weight is 229 g/mol. The average Bonchev–Trinajstić information content (AvgIpc) is 2.80. The van der Waals surface area contributed by atoms with Crippen molar-refractivity contribution in [2.45, 2.75) is 38.5 Å². The van der Waals surface area contributed by atoms with Gasteiger partial charge < -0.3 is 14.8 Å². The highest BCUT2D eigenvalue weighted by atomic mass is 16.5. The van der Waals surface area contributed by atoms with Gasteiger partial charge in [-0.15, -0.1) is 0 Å². The van der Waals surface area contributed by atoms with Crippen molar-refractivity contribution in [1.82, 2.24) is 5.32 Å². The second-order valence-electron chi connectivity index (χ2n) is 4.65. The maximum atomic E-state index is 5.47. The molecule has 1 aliphatic carbocycles. The molecule has 3 heteroatoms. The van der Waals surface area contributed by atoms with Crippen molar-refractivity contribution in [3.8, 4) is 0 Å². The quantitative estimate of drug-likeness (QED) is 0.583. The molecule has 0 bridgehead atoms. The molecule has 0 aromatic rings. The molecule has 96 valence electrons. The highest BCUT2D eigenvalue weighted by Gasteiger charge is 2.13. The zero-order valence-corrected chi connectivity index (χ0v) is 10.7. The van der Waals surface area contributed by atoms with Crippen molar-refractivity contribution >= 4 is 0 Å². The molecule has 0 radical (unpaired) electrons. The molecular weight excluding hydrogens is 202 g/mol. The standard InChI is InChI=1S/C13H27NO2/c1-15-10-4-11-16-12-9-14-8-7-13-5-2-3-6-13/h13-14H,2-12H2,1H3. The Morgan fingerprint density at radius 2 is 1.88 bits per heavy atom. The Morgan fingerprint density at radius 3 is 2.62 bits per heavy atom. The molecule has 16 heavy (non-hydrogen) atoms. The minimum Gasteiger partial charge on any atom is -0.385 e. The molecule has 0 aliphatic heterocycles. The molecule has 0 amide bonds. The lowest BCUT2D eigenvalue weighted by Gasteiger charge is -2.09. The first-order chi connectivity index (χ1) is 7.93. The van der Waals surface area contributed by atoms with Gasteiger partial charge in [0.05, 0.1) is 6.61 Å². The van der Waals surface area contributed by atoms with Crippen LogP contribution in [0.25, 0.3) is 0 Å². The van der Waals surface area contributed by atoms with Crippen molar-refractivity contribution in [2.24, 2.45) is 5.92 Å². The van der Waals surface area contributed by atoms with Crippen molar-refractivity contribution in [2.75, 3.05) is 40.0 Å². The van der Waals surface area contributed by atoms with Crippen LogP contribution in [0.15, 0.2) is 0 Å². The van der Waals surface area contributed by atoms with Gasteiger partial charge in [0.15, 0.2) is 0 Å². The third-order valence-electron chi connectivity index (χ3n) is 3.26. The second kappa shape index (κ2) is 10.1. The van der Waals surface area contributed by atoms with Gasteiger partial charge in [-0.1, -0.05) is 25.7 Å². The molecule has 3 nitrogen and oxygen atoms in total. The van der Waals surface area contributed by atoms with Crippen LogP contribution in [0.5, 0.6) is 0 Å². The van der Waals surface area contributed by atoms with Gasteiger partial charge >= 0.3 is 0 Å². The van der Waals surface area contributed by atoms with E-state index in [1.807, 2.05) is 0 Å². The van der Waals surface area contributed by atoms with E-state index in [-0.39, 0.29) is 0 Å². The Balaban J connectivity index is 1.71. The van der Waals surface area contributed by atoms with E-state index in [9.17, 15) is 0 Å². The van der Waals surface area contributed by atoms with Crippen LogP contribution in [0, 0.1) is 5.92 Å². The minimum absolute atomic E-state index is 0.801. The van der Waals surface area contributed by atoms with Crippen molar-refractivity contribution in [3.05, 3.63) is 0 Å². The van der Waals surface area contributed by atoms with Crippen LogP contribution in [0.4, 0.5) is 0 Å². The Morgan fingerprint density at radius 1 is 1.06 bits per heavy atom. The summed E-state index contributed by atoms with van der Waals surface area (Å²) in [5.41, 5.74) is 0. The smallest absolute Gasteiger partial charge is 0.0590 e. The molecule has 1 rings (SSSR count). The summed E-state index contributed by atoms with van der Waals surface area (Å²) in [5.74, 6) is 0.995. The van der Waals surface area contributed by atoms with E-state index in [0.717, 1.165) is 45.2 Å². The molecule has 0 aromatic heterocycles. The van der Waals surface area contributed by atoms with Gasteiger partial charge in [0, 0.05) is 26.9 Å². The zero-order valence-electron chi connectivity index (χ0n) is 10.7. The van der Waals surface area contributed by atoms with E-state index in [1.165, 1.54) is 32.1 Å². The second-order valence-corrected chi connectivity index (χ2v) is 4.65. The van der Waals surface area contributed by atoms with Gasteiger partial charge in [0.1, 0.15) is 0 Å². The van der Waals surface area contributed by atoms with E-state index in [0.29, 0.717) is 0 Å². The molecule has 0 heterocycles. The van der Waals surface area contributed by atoms with E-state index >= 15 is 0 Å². The Kier molecular flexibility index (Phi) is 8.77. The van der Waals surface area contributed by atoms with Crippen LogP contribution >= 0.6 is 0 Å². The summed E-state index contributed by atoms with van der Waals surface area (Å²) in [7, 11) is 1.73. The van der Waals surface area contributed by atoms with Crippen LogP contribution in [-0.4, -0.2) is 40.0 Å². The van der Waals surface area contributed by atoms with E-state index in [4.69, 9.17) is 9.47 Å². The summed E-state index contributed by atoms with van der Waals surface area (Å²) in [6.07, 6.45) is 8.16. The molecule has 1 fully saturated rings. The fourth-order valence-electron chi connectivity index (χ4n) is 2.28. The lowest BCUT2D eigenvalue weighted by atomic mass is 10.0. The third kappa shape index (κ3) is 7.20. The van der Waals surface area contributed by atoms with Gasteiger partial charge in [-0.3, -0.25) is 0 Å². The first-order valence-corrected chi connectivity index (χ1v) is 6.71. The minimum atomic E-state index is 0.801. The molecule has 0 unspecified atom stereocenters. The molecule has 1 aliphatic rings. The largest absolute Gasteiger partial charge is 0.385 e. The molecule has 0 atom stereocenters. The maximum absolute atomic E-state index is 5.47. The summed E-state index contributed by atoms with van der Waals surface area (Å²) >= 11 is 0. The predicted octanol–water partition coefficient (Wildman–Crippen LogP) is 2.21. The zero-order chi connectivity index (χ0) is 11.5. The van der Waals surface area contributed by atoms with Crippen LogP contribution in [0.2, 0.25) is 0 Å². The van der Waals surface area contributed by atoms with E-state index in [2.05, 4.69) is 5.32 Å². The van der Waals surface area contributed by atoms with Crippen molar-refractivity contribution in [1.29, 1.82) is 0 Å². The predicted molar refractivity (Wildman–Crippen MR) is 66.8 cm³/mol. The summed E-state index contributed by atoms with van der Waals surface area (Å²) in [6.45, 7) is 4.59. The monoisotopic (exact) mass is 229 g/mol. The molecule has 1 N–H and O–H groups in total. The van der Waals surface area contributed by atoms with Crippen LogP contribution in [-0.2, 0) is 9.47 Å². The third-order valence-corrected chi connectivity index (χ3v) is 3.26. The first-order valence-electron chi connectivity index (χ1n) is 6.71. The molecule has 1 saturated carbocycles. The highest BCUT2D eigenvalue weighted by molar-refractivity contribution is 4.67. The summed E-state index contributed by atoms with van der Waals surface area (Å²) in [6, 6.07) is 0. The van der Waals surface area contributed by atoms with E-state index < -0.39 is 0 Å². The lowest BCUT2D eigenvalue weighted by Crippen LogP contribution is -2.22. The van der Waals surface area contributed by atoms with E-state index in [1.54, 1.807) is 7.11 Å². The SMILES string of the molecule is COCCCOCCNCCC1CCCC1.